The molecule has 0 radical (unpaired) electrons. The molecule has 0 spiro atoms. The van der Waals surface area contributed by atoms with E-state index < -0.39 is 31.3 Å². The summed E-state index contributed by atoms with van der Waals surface area (Å²) in [4.78, 5) is 12.9. The smallest absolute Gasteiger partial charge is 0.279 e. The van der Waals surface area contributed by atoms with Gasteiger partial charge in [0.1, 0.15) is 11.0 Å². The molecule has 0 atom stereocenters. The van der Waals surface area contributed by atoms with Crippen LogP contribution in [0, 0.1) is 15.9 Å². The van der Waals surface area contributed by atoms with Crippen LogP contribution in [0.1, 0.15) is 0 Å². The van der Waals surface area contributed by atoms with Crippen LogP contribution in [0.5, 0.6) is 0 Å². The van der Waals surface area contributed by atoms with E-state index in [1.807, 2.05) is 0 Å². The summed E-state index contributed by atoms with van der Waals surface area (Å²) in [5, 5.41) is 10.9. The maximum atomic E-state index is 13.0. The predicted octanol–water partition coefficient (Wildman–Crippen LogP) is 2.58. The van der Waals surface area contributed by atoms with Crippen LogP contribution in [0.3, 0.4) is 0 Å². The maximum Gasteiger partial charge on any atom is 0.292 e. The maximum absolute atomic E-state index is 13.0. The Labute approximate surface area is 123 Å². The number of halogens is 2. The van der Waals surface area contributed by atoms with Gasteiger partial charge >= 0.3 is 0 Å². The molecule has 21 heavy (non-hydrogen) atoms. The number of aromatic nitrogens is 1. The molecule has 0 unspecified atom stereocenters. The van der Waals surface area contributed by atoms with E-state index in [1.54, 1.807) is 0 Å². The number of benzene rings is 1. The van der Waals surface area contributed by atoms with E-state index in [0.29, 0.717) is 6.07 Å². The zero-order valence-corrected chi connectivity index (χ0v) is 11.7. The molecule has 2 aromatic rings. The normalized spacial score (nSPS) is 11.1. The van der Waals surface area contributed by atoms with Gasteiger partial charge in [-0.2, -0.15) is 0 Å². The number of sulfonamides is 1. The summed E-state index contributed by atoms with van der Waals surface area (Å²) in [6.07, 6.45) is 1.26. The Bertz CT molecular complexity index is 813. The third-order valence-corrected chi connectivity index (χ3v) is 4.02. The summed E-state index contributed by atoms with van der Waals surface area (Å²) in [7, 11) is -4.27. The van der Waals surface area contributed by atoms with Crippen molar-refractivity contribution >= 4 is 33.0 Å². The molecule has 1 heterocycles. The number of pyridine rings is 1. The highest BCUT2D eigenvalue weighted by atomic mass is 35.5. The first-order chi connectivity index (χ1) is 9.79. The molecule has 0 aliphatic heterocycles. The Morgan fingerprint density at radius 3 is 2.62 bits per heavy atom. The van der Waals surface area contributed by atoms with Crippen LogP contribution in [-0.4, -0.2) is 18.3 Å². The summed E-state index contributed by atoms with van der Waals surface area (Å²) in [5.41, 5.74) is -0.781. The molecule has 1 aromatic heterocycles. The zero-order valence-electron chi connectivity index (χ0n) is 10.2. The van der Waals surface area contributed by atoms with Gasteiger partial charge < -0.3 is 0 Å². The Kier molecular flexibility index (Phi) is 4.05. The van der Waals surface area contributed by atoms with Gasteiger partial charge in [0.25, 0.3) is 15.7 Å². The molecule has 0 amide bonds. The lowest BCUT2D eigenvalue weighted by atomic mass is 10.3. The molecule has 10 heteroatoms. The molecule has 110 valence electrons. The Morgan fingerprint density at radius 2 is 2.00 bits per heavy atom. The van der Waals surface area contributed by atoms with E-state index in [0.717, 1.165) is 12.1 Å². The van der Waals surface area contributed by atoms with Crippen LogP contribution in [0.15, 0.2) is 41.4 Å². The predicted molar refractivity (Wildman–Crippen MR) is 73.1 cm³/mol. The summed E-state index contributed by atoms with van der Waals surface area (Å²) in [6, 6.07) is 4.72. The van der Waals surface area contributed by atoms with Gasteiger partial charge in [-0.1, -0.05) is 11.6 Å². The zero-order chi connectivity index (χ0) is 15.6. The third-order valence-electron chi connectivity index (χ3n) is 2.39. The molecule has 0 saturated heterocycles. The van der Waals surface area contributed by atoms with Crippen LogP contribution in [0.4, 0.5) is 15.8 Å². The summed E-state index contributed by atoms with van der Waals surface area (Å²) in [5.74, 6) is -0.910. The van der Waals surface area contributed by atoms with Crippen LogP contribution in [-0.2, 0) is 10.0 Å². The standard InChI is InChI=1S/C11H7ClFN3O4S/c12-11-6-8(3-4-14-11)15-21(19,20)10-2-1-7(13)5-9(10)16(17)18/h1-6H,(H,14,15). The molecule has 0 aliphatic carbocycles. The van der Waals surface area contributed by atoms with Crippen LogP contribution < -0.4 is 4.72 Å². The second-order valence-electron chi connectivity index (χ2n) is 3.84. The van der Waals surface area contributed by atoms with Crippen molar-refractivity contribution in [2.75, 3.05) is 4.72 Å². The molecule has 1 N–H and O–H groups in total. The van der Waals surface area contributed by atoms with Crippen molar-refractivity contribution in [1.29, 1.82) is 0 Å². The molecule has 0 saturated carbocycles. The number of nitro groups is 1. The molecule has 1 aromatic carbocycles. The van der Waals surface area contributed by atoms with Crippen LogP contribution in [0.2, 0.25) is 5.15 Å². The van der Waals surface area contributed by atoms with Gasteiger partial charge in [0.2, 0.25) is 0 Å². The monoisotopic (exact) mass is 331 g/mol. The van der Waals surface area contributed by atoms with E-state index >= 15 is 0 Å². The molecule has 2 rings (SSSR count). The van der Waals surface area contributed by atoms with E-state index in [2.05, 4.69) is 9.71 Å². The van der Waals surface area contributed by atoms with Crippen molar-refractivity contribution in [2.45, 2.75) is 4.90 Å². The number of hydrogen-bond acceptors (Lipinski definition) is 5. The minimum atomic E-state index is -4.27. The van der Waals surface area contributed by atoms with Gasteiger partial charge in [-0.15, -0.1) is 0 Å². The molecule has 0 aliphatic rings. The Hall–Kier alpha value is -2.26. The van der Waals surface area contributed by atoms with Gasteiger partial charge in [-0.25, -0.2) is 17.8 Å². The van der Waals surface area contributed by atoms with E-state index in [1.165, 1.54) is 18.3 Å². The highest BCUT2D eigenvalue weighted by molar-refractivity contribution is 7.92. The van der Waals surface area contributed by atoms with Crippen molar-refractivity contribution in [1.82, 2.24) is 4.98 Å². The van der Waals surface area contributed by atoms with Gasteiger partial charge in [0.05, 0.1) is 16.7 Å². The minimum Gasteiger partial charge on any atom is -0.279 e. The molecular formula is C11H7ClFN3O4S. The minimum absolute atomic E-state index is 0.0452. The lowest BCUT2D eigenvalue weighted by Crippen LogP contribution is -2.15. The van der Waals surface area contributed by atoms with Crippen molar-refractivity contribution in [3.8, 4) is 0 Å². The highest BCUT2D eigenvalue weighted by Crippen LogP contribution is 2.26. The van der Waals surface area contributed by atoms with Gasteiger partial charge in [-0.3, -0.25) is 14.8 Å². The quantitative estimate of drug-likeness (QED) is 0.527. The van der Waals surface area contributed by atoms with Gasteiger partial charge in [-0.05, 0) is 24.3 Å². The third kappa shape index (κ3) is 3.44. The first-order valence-electron chi connectivity index (χ1n) is 5.38. The number of nitrogens with one attached hydrogen (secondary N) is 1. The molecule has 7 nitrogen and oxygen atoms in total. The molecule has 0 bridgehead atoms. The van der Waals surface area contributed by atoms with Crippen molar-refractivity contribution < 1.29 is 17.7 Å². The number of hydrogen-bond donors (Lipinski definition) is 1. The molecule has 0 fully saturated rings. The average Bonchev–Trinajstić information content (AvgIpc) is 2.37. The van der Waals surface area contributed by atoms with Crippen molar-refractivity contribution in [3.05, 3.63) is 57.6 Å². The van der Waals surface area contributed by atoms with E-state index in [-0.39, 0.29) is 10.8 Å². The number of anilines is 1. The summed E-state index contributed by atoms with van der Waals surface area (Å²) in [6.45, 7) is 0. The van der Waals surface area contributed by atoms with Gasteiger partial charge in [0, 0.05) is 6.20 Å². The highest BCUT2D eigenvalue weighted by Gasteiger charge is 2.26. The lowest BCUT2D eigenvalue weighted by Gasteiger charge is -2.08. The number of rotatable bonds is 4. The fourth-order valence-electron chi connectivity index (χ4n) is 1.54. The average molecular weight is 332 g/mol. The van der Waals surface area contributed by atoms with Crippen LogP contribution >= 0.6 is 11.6 Å². The first-order valence-corrected chi connectivity index (χ1v) is 7.24. The van der Waals surface area contributed by atoms with Gasteiger partial charge in [0.15, 0.2) is 4.90 Å². The fourth-order valence-corrected chi connectivity index (χ4v) is 2.91. The summed E-state index contributed by atoms with van der Waals surface area (Å²) < 4.78 is 39.4. The van der Waals surface area contributed by atoms with Crippen molar-refractivity contribution in [3.63, 3.8) is 0 Å². The second-order valence-corrected chi connectivity index (χ2v) is 5.88. The largest absolute Gasteiger partial charge is 0.292 e. The van der Waals surface area contributed by atoms with Crippen LogP contribution in [0.25, 0.3) is 0 Å². The SMILES string of the molecule is O=[N+]([O-])c1cc(F)ccc1S(=O)(=O)Nc1ccnc(Cl)c1. The topological polar surface area (TPSA) is 102 Å². The number of nitrogens with zero attached hydrogens (tertiary/aromatic N) is 2. The summed E-state index contributed by atoms with van der Waals surface area (Å²) >= 11 is 5.62. The van der Waals surface area contributed by atoms with E-state index in [9.17, 15) is 22.9 Å². The second kappa shape index (κ2) is 5.62. The molecular weight excluding hydrogens is 325 g/mol. The first kappa shape index (κ1) is 15.1. The Morgan fingerprint density at radius 1 is 1.29 bits per heavy atom. The fraction of sp³-hybridized carbons (Fsp3) is 0. The lowest BCUT2D eigenvalue weighted by molar-refractivity contribution is -0.388. The van der Waals surface area contributed by atoms with E-state index in [4.69, 9.17) is 11.6 Å². The van der Waals surface area contributed by atoms with Crippen molar-refractivity contribution in [2.24, 2.45) is 0 Å². The number of nitro benzene ring substituents is 1. The Balaban J connectivity index is 2.47.